The number of anilines is 1. The number of rotatable bonds is 4. The van der Waals surface area contributed by atoms with E-state index in [1.807, 2.05) is 19.1 Å². The van der Waals surface area contributed by atoms with Crippen LogP contribution in [-0.4, -0.2) is 13.4 Å². The minimum absolute atomic E-state index is 0.0620. The summed E-state index contributed by atoms with van der Waals surface area (Å²) in [5.74, 6) is 0. The number of hydrogen-bond donors (Lipinski definition) is 2. The number of halogens is 1. The van der Waals surface area contributed by atoms with E-state index in [1.54, 1.807) is 18.3 Å². The number of sulfonamides is 1. The monoisotopic (exact) mass is 355 g/mol. The molecule has 1 aromatic carbocycles. The maximum Gasteiger partial charge on any atom is 0.242 e. The van der Waals surface area contributed by atoms with Crippen LogP contribution in [0.2, 0.25) is 0 Å². The topological polar surface area (TPSA) is 85.1 Å². The summed E-state index contributed by atoms with van der Waals surface area (Å²) in [5.41, 5.74) is 7.59. The van der Waals surface area contributed by atoms with Crippen LogP contribution in [0, 0.1) is 6.92 Å². The zero-order valence-corrected chi connectivity index (χ0v) is 13.2. The second-order valence-electron chi connectivity index (χ2n) is 4.31. The Morgan fingerprint density at radius 1 is 1.30 bits per heavy atom. The van der Waals surface area contributed by atoms with E-state index in [1.165, 1.54) is 6.07 Å². The van der Waals surface area contributed by atoms with Gasteiger partial charge in [-0.2, -0.15) is 0 Å². The molecular formula is C13H14BrN3O2S. The normalized spacial score (nSPS) is 11.5. The van der Waals surface area contributed by atoms with E-state index in [0.29, 0.717) is 4.47 Å². The van der Waals surface area contributed by atoms with Gasteiger partial charge in [-0.3, -0.25) is 4.98 Å². The molecule has 0 aliphatic carbocycles. The third-order valence-electron chi connectivity index (χ3n) is 2.70. The lowest BCUT2D eigenvalue weighted by molar-refractivity contribution is 0.581. The minimum atomic E-state index is -3.65. The van der Waals surface area contributed by atoms with Gasteiger partial charge in [-0.05, 0) is 36.8 Å². The number of nitrogens with two attached hydrogens (primary N) is 1. The number of hydrogen-bond acceptors (Lipinski definition) is 4. The van der Waals surface area contributed by atoms with Crippen molar-refractivity contribution in [3.63, 3.8) is 0 Å². The van der Waals surface area contributed by atoms with E-state index in [-0.39, 0.29) is 17.1 Å². The summed E-state index contributed by atoms with van der Waals surface area (Å²) >= 11 is 3.23. The largest absolute Gasteiger partial charge is 0.398 e. The highest BCUT2D eigenvalue weighted by Crippen LogP contribution is 2.22. The molecule has 0 spiro atoms. The van der Waals surface area contributed by atoms with Crippen LogP contribution in [0.5, 0.6) is 0 Å². The third-order valence-corrected chi connectivity index (χ3v) is 4.65. The summed E-state index contributed by atoms with van der Waals surface area (Å²) < 4.78 is 27.6. The quantitative estimate of drug-likeness (QED) is 0.823. The number of nitrogen functional groups attached to an aromatic ring is 1. The fraction of sp³-hybridized carbons (Fsp3) is 0.154. The second-order valence-corrected chi connectivity index (χ2v) is 6.97. The molecule has 1 heterocycles. The summed E-state index contributed by atoms with van der Waals surface area (Å²) in [5, 5.41) is 0. The molecule has 0 saturated heterocycles. The van der Waals surface area contributed by atoms with Gasteiger partial charge in [0.25, 0.3) is 0 Å². The van der Waals surface area contributed by atoms with Gasteiger partial charge in [0.15, 0.2) is 0 Å². The van der Waals surface area contributed by atoms with Crippen molar-refractivity contribution in [1.29, 1.82) is 0 Å². The Morgan fingerprint density at radius 3 is 2.70 bits per heavy atom. The van der Waals surface area contributed by atoms with Crippen molar-refractivity contribution in [3.05, 3.63) is 52.3 Å². The van der Waals surface area contributed by atoms with E-state index in [4.69, 9.17) is 5.73 Å². The van der Waals surface area contributed by atoms with Gasteiger partial charge in [0, 0.05) is 22.9 Å². The van der Waals surface area contributed by atoms with Crippen LogP contribution < -0.4 is 10.5 Å². The molecule has 0 saturated carbocycles. The smallest absolute Gasteiger partial charge is 0.242 e. The molecule has 1 aromatic heterocycles. The Labute approximate surface area is 126 Å². The number of pyridine rings is 1. The molecule has 0 fully saturated rings. The molecule has 0 bridgehead atoms. The van der Waals surface area contributed by atoms with E-state index >= 15 is 0 Å². The van der Waals surface area contributed by atoms with Gasteiger partial charge in [0.2, 0.25) is 10.0 Å². The number of benzene rings is 1. The first-order valence-corrected chi connectivity index (χ1v) is 8.12. The van der Waals surface area contributed by atoms with E-state index < -0.39 is 10.0 Å². The molecule has 7 heteroatoms. The highest BCUT2D eigenvalue weighted by atomic mass is 79.9. The molecule has 0 aliphatic heterocycles. The fourth-order valence-electron chi connectivity index (χ4n) is 1.60. The molecule has 2 aromatic rings. The minimum Gasteiger partial charge on any atom is -0.398 e. The van der Waals surface area contributed by atoms with Gasteiger partial charge in [0.1, 0.15) is 4.90 Å². The molecular weight excluding hydrogens is 342 g/mol. The molecule has 3 N–H and O–H groups in total. The van der Waals surface area contributed by atoms with Crippen LogP contribution in [0.4, 0.5) is 5.69 Å². The van der Waals surface area contributed by atoms with Crippen molar-refractivity contribution >= 4 is 31.6 Å². The van der Waals surface area contributed by atoms with Crippen molar-refractivity contribution in [1.82, 2.24) is 9.71 Å². The highest BCUT2D eigenvalue weighted by molar-refractivity contribution is 9.10. The van der Waals surface area contributed by atoms with Crippen molar-refractivity contribution in [2.75, 3.05) is 5.73 Å². The van der Waals surface area contributed by atoms with Gasteiger partial charge in [-0.1, -0.05) is 22.0 Å². The Kier molecular flexibility index (Phi) is 4.42. The lowest BCUT2D eigenvalue weighted by Gasteiger charge is -2.09. The van der Waals surface area contributed by atoms with E-state index in [0.717, 1.165) is 11.3 Å². The summed E-state index contributed by atoms with van der Waals surface area (Å²) in [6.07, 6.45) is 1.64. The van der Waals surface area contributed by atoms with Crippen LogP contribution in [0.3, 0.4) is 0 Å². The SMILES string of the molecule is Cc1ccc(CNS(=O)(=O)c2cc(Br)ccc2N)cn1. The molecule has 0 amide bonds. The van der Waals surface area contributed by atoms with Gasteiger partial charge in [-0.25, -0.2) is 13.1 Å². The number of aromatic nitrogens is 1. The maximum absolute atomic E-state index is 12.2. The van der Waals surface area contributed by atoms with Crippen LogP contribution in [-0.2, 0) is 16.6 Å². The molecule has 20 heavy (non-hydrogen) atoms. The average molecular weight is 356 g/mol. The lowest BCUT2D eigenvalue weighted by Crippen LogP contribution is -2.24. The first-order valence-electron chi connectivity index (χ1n) is 5.85. The molecule has 0 unspecified atom stereocenters. The van der Waals surface area contributed by atoms with Gasteiger partial charge in [0.05, 0.1) is 5.69 Å². The summed E-state index contributed by atoms with van der Waals surface area (Å²) in [4.78, 5) is 4.18. The van der Waals surface area contributed by atoms with Gasteiger partial charge < -0.3 is 5.73 Å². The molecule has 0 aliphatic rings. The molecule has 0 atom stereocenters. The first kappa shape index (κ1) is 15.0. The third kappa shape index (κ3) is 3.56. The Morgan fingerprint density at radius 2 is 2.05 bits per heavy atom. The fourth-order valence-corrected chi connectivity index (χ4v) is 3.29. The maximum atomic E-state index is 12.2. The Balaban J connectivity index is 2.19. The average Bonchev–Trinajstić information content (AvgIpc) is 2.41. The van der Waals surface area contributed by atoms with Crippen LogP contribution >= 0.6 is 15.9 Å². The second kappa shape index (κ2) is 5.90. The van der Waals surface area contributed by atoms with Crippen molar-refractivity contribution in [2.24, 2.45) is 0 Å². The summed E-state index contributed by atoms with van der Waals surface area (Å²) in [6, 6.07) is 8.38. The van der Waals surface area contributed by atoms with Crippen molar-refractivity contribution < 1.29 is 8.42 Å². The molecule has 106 valence electrons. The lowest BCUT2D eigenvalue weighted by atomic mass is 10.2. The van der Waals surface area contributed by atoms with Crippen LogP contribution in [0.15, 0.2) is 45.9 Å². The molecule has 2 rings (SSSR count). The zero-order valence-electron chi connectivity index (χ0n) is 10.8. The summed E-state index contributed by atoms with van der Waals surface area (Å²) in [7, 11) is -3.65. The predicted octanol–water partition coefficient (Wildman–Crippen LogP) is 2.21. The van der Waals surface area contributed by atoms with E-state index in [9.17, 15) is 8.42 Å². The Bertz CT molecular complexity index is 715. The Hall–Kier alpha value is -1.44. The first-order chi connectivity index (χ1) is 9.38. The molecule has 0 radical (unpaired) electrons. The number of nitrogens with one attached hydrogen (secondary N) is 1. The standard InChI is InChI=1S/C13H14BrN3O2S/c1-9-2-3-10(7-16-9)8-17-20(18,19)13-6-11(14)4-5-12(13)15/h2-7,17H,8,15H2,1H3. The zero-order chi connectivity index (χ0) is 14.8. The predicted molar refractivity (Wildman–Crippen MR) is 81.6 cm³/mol. The van der Waals surface area contributed by atoms with Gasteiger partial charge in [-0.15, -0.1) is 0 Å². The van der Waals surface area contributed by atoms with Crippen molar-refractivity contribution in [2.45, 2.75) is 18.4 Å². The van der Waals surface area contributed by atoms with Crippen LogP contribution in [0.1, 0.15) is 11.3 Å². The van der Waals surface area contributed by atoms with E-state index in [2.05, 4.69) is 25.6 Å². The molecule has 5 nitrogen and oxygen atoms in total. The highest BCUT2D eigenvalue weighted by Gasteiger charge is 2.17. The van der Waals surface area contributed by atoms with Crippen molar-refractivity contribution in [3.8, 4) is 0 Å². The number of nitrogens with zero attached hydrogens (tertiary/aromatic N) is 1. The van der Waals surface area contributed by atoms with Gasteiger partial charge >= 0.3 is 0 Å². The van der Waals surface area contributed by atoms with Crippen LogP contribution in [0.25, 0.3) is 0 Å². The number of aryl methyl sites for hydroxylation is 1. The summed E-state index contributed by atoms with van der Waals surface area (Å²) in [6.45, 7) is 2.04.